The van der Waals surface area contributed by atoms with Gasteiger partial charge in [-0.15, -0.1) is 0 Å². The Kier molecular flexibility index (Phi) is 4.10. The summed E-state index contributed by atoms with van der Waals surface area (Å²) in [5.41, 5.74) is 1.15. The minimum absolute atomic E-state index is 0.325. The fourth-order valence-electron chi connectivity index (χ4n) is 1.13. The molecule has 1 N–H and O–H groups in total. The van der Waals surface area contributed by atoms with Crippen molar-refractivity contribution < 1.29 is 5.11 Å². The molecule has 0 bridgehead atoms. The zero-order chi connectivity index (χ0) is 9.52. The molecule has 70 valence electrons. The van der Waals surface area contributed by atoms with Gasteiger partial charge in [-0.05, 0) is 24.1 Å². The number of hydrogen-bond acceptors (Lipinski definition) is 1. The number of unbranched alkanes of at least 4 members (excludes halogenated alkanes) is 2. The molecule has 0 unspecified atom stereocenters. The zero-order valence-electron chi connectivity index (χ0n) is 8.03. The van der Waals surface area contributed by atoms with E-state index in [1.165, 1.54) is 12.8 Å². The lowest BCUT2D eigenvalue weighted by atomic mass is 10.1. The van der Waals surface area contributed by atoms with Crippen molar-refractivity contribution in [2.75, 3.05) is 0 Å². The van der Waals surface area contributed by atoms with Crippen LogP contribution in [-0.2, 0) is 0 Å². The molecule has 13 heavy (non-hydrogen) atoms. The predicted octanol–water partition coefficient (Wildman–Crippen LogP) is 3.60. The van der Waals surface area contributed by atoms with E-state index < -0.39 is 0 Å². The fraction of sp³-hybridized carbons (Fsp3) is 0.333. The van der Waals surface area contributed by atoms with Gasteiger partial charge in [-0.2, -0.15) is 0 Å². The largest absolute Gasteiger partial charge is 0.508 e. The Bertz CT molecular complexity index is 259. The van der Waals surface area contributed by atoms with Crippen LogP contribution in [0.15, 0.2) is 30.3 Å². The molecule has 0 radical (unpaired) electrons. The van der Waals surface area contributed by atoms with Gasteiger partial charge in [0, 0.05) is 0 Å². The zero-order valence-corrected chi connectivity index (χ0v) is 8.03. The Morgan fingerprint density at radius 3 is 2.54 bits per heavy atom. The van der Waals surface area contributed by atoms with Gasteiger partial charge in [0.25, 0.3) is 0 Å². The first-order valence-corrected chi connectivity index (χ1v) is 4.78. The molecule has 1 aromatic rings. The maximum absolute atomic E-state index is 9.04. The molecule has 0 aliphatic heterocycles. The van der Waals surface area contributed by atoms with E-state index in [0.717, 1.165) is 12.0 Å². The molecule has 0 heterocycles. The molecule has 0 saturated heterocycles. The highest BCUT2D eigenvalue weighted by Gasteiger charge is 1.86. The van der Waals surface area contributed by atoms with E-state index in [0.29, 0.717) is 5.75 Å². The van der Waals surface area contributed by atoms with Gasteiger partial charge in [-0.3, -0.25) is 0 Å². The second-order valence-electron chi connectivity index (χ2n) is 3.14. The Morgan fingerprint density at radius 1 is 1.23 bits per heavy atom. The lowest BCUT2D eigenvalue weighted by Gasteiger charge is -1.93. The van der Waals surface area contributed by atoms with Crippen LogP contribution >= 0.6 is 0 Å². The van der Waals surface area contributed by atoms with Gasteiger partial charge in [0.1, 0.15) is 5.75 Å². The van der Waals surface area contributed by atoms with E-state index in [9.17, 15) is 0 Å². The third-order valence-corrected chi connectivity index (χ3v) is 1.93. The van der Waals surface area contributed by atoms with Crippen molar-refractivity contribution in [1.29, 1.82) is 0 Å². The van der Waals surface area contributed by atoms with Gasteiger partial charge in [0.2, 0.25) is 0 Å². The van der Waals surface area contributed by atoms with Crippen molar-refractivity contribution in [2.45, 2.75) is 26.2 Å². The van der Waals surface area contributed by atoms with Crippen LogP contribution in [0.1, 0.15) is 31.7 Å². The average molecular weight is 176 g/mol. The summed E-state index contributed by atoms with van der Waals surface area (Å²) in [6.07, 6.45) is 7.89. The van der Waals surface area contributed by atoms with Crippen LogP contribution in [0.2, 0.25) is 0 Å². The Morgan fingerprint density at radius 2 is 1.92 bits per heavy atom. The summed E-state index contributed by atoms with van der Waals surface area (Å²) in [6, 6.07) is 7.24. The van der Waals surface area contributed by atoms with Crippen molar-refractivity contribution in [1.82, 2.24) is 0 Å². The Hall–Kier alpha value is -1.24. The molecule has 0 aliphatic rings. The molecule has 0 saturated carbocycles. The summed E-state index contributed by atoms with van der Waals surface area (Å²) in [6.45, 7) is 2.19. The minimum Gasteiger partial charge on any atom is -0.508 e. The first kappa shape index (κ1) is 9.85. The smallest absolute Gasteiger partial charge is 0.115 e. The number of allylic oxidation sites excluding steroid dienone is 1. The number of aromatic hydroxyl groups is 1. The lowest BCUT2D eigenvalue weighted by Crippen LogP contribution is -1.71. The first-order chi connectivity index (χ1) is 6.33. The molecule has 1 aromatic carbocycles. The predicted molar refractivity (Wildman–Crippen MR) is 56.7 cm³/mol. The average Bonchev–Trinajstić information content (AvgIpc) is 2.15. The Balaban J connectivity index is 2.44. The minimum atomic E-state index is 0.325. The van der Waals surface area contributed by atoms with E-state index in [1.807, 2.05) is 12.1 Å². The topological polar surface area (TPSA) is 20.2 Å². The first-order valence-electron chi connectivity index (χ1n) is 4.78. The van der Waals surface area contributed by atoms with E-state index in [4.69, 9.17) is 5.11 Å². The summed E-state index contributed by atoms with van der Waals surface area (Å²) in [4.78, 5) is 0. The summed E-state index contributed by atoms with van der Waals surface area (Å²) < 4.78 is 0. The molecule has 1 nitrogen and oxygen atoms in total. The number of phenolic OH excluding ortho intramolecular Hbond substituents is 1. The second kappa shape index (κ2) is 5.41. The van der Waals surface area contributed by atoms with Crippen LogP contribution in [0.3, 0.4) is 0 Å². The molecule has 1 heteroatoms. The standard InChI is InChI=1S/C12H16O/c1-2-3-4-5-6-11-7-9-12(13)10-8-11/h5-10,13H,2-4H2,1H3. The third kappa shape index (κ3) is 3.79. The normalized spacial score (nSPS) is 10.8. The highest BCUT2D eigenvalue weighted by atomic mass is 16.3. The van der Waals surface area contributed by atoms with Gasteiger partial charge in [0.05, 0.1) is 0 Å². The molecule has 0 aliphatic carbocycles. The van der Waals surface area contributed by atoms with Crippen LogP contribution < -0.4 is 0 Å². The monoisotopic (exact) mass is 176 g/mol. The number of benzene rings is 1. The highest BCUT2D eigenvalue weighted by molar-refractivity contribution is 5.50. The van der Waals surface area contributed by atoms with Crippen LogP contribution in [-0.4, -0.2) is 5.11 Å². The van der Waals surface area contributed by atoms with E-state index in [2.05, 4.69) is 19.1 Å². The molecule has 0 aromatic heterocycles. The fourth-order valence-corrected chi connectivity index (χ4v) is 1.13. The van der Waals surface area contributed by atoms with Crippen molar-refractivity contribution in [3.05, 3.63) is 35.9 Å². The number of phenols is 1. The second-order valence-corrected chi connectivity index (χ2v) is 3.14. The van der Waals surface area contributed by atoms with E-state index in [-0.39, 0.29) is 0 Å². The summed E-state index contributed by atoms with van der Waals surface area (Å²) in [5, 5.41) is 9.04. The molecule has 0 amide bonds. The molecule has 0 fully saturated rings. The van der Waals surface area contributed by atoms with Gasteiger partial charge >= 0.3 is 0 Å². The van der Waals surface area contributed by atoms with Gasteiger partial charge in [-0.25, -0.2) is 0 Å². The number of rotatable bonds is 4. The molecular formula is C12H16O. The van der Waals surface area contributed by atoms with Crippen LogP contribution in [0.25, 0.3) is 6.08 Å². The summed E-state index contributed by atoms with van der Waals surface area (Å²) in [5.74, 6) is 0.325. The van der Waals surface area contributed by atoms with Crippen LogP contribution in [0.4, 0.5) is 0 Å². The summed E-state index contributed by atoms with van der Waals surface area (Å²) in [7, 11) is 0. The lowest BCUT2D eigenvalue weighted by molar-refractivity contribution is 0.475. The van der Waals surface area contributed by atoms with Crippen LogP contribution in [0.5, 0.6) is 5.75 Å². The molecule has 0 spiro atoms. The van der Waals surface area contributed by atoms with Gasteiger partial charge in [0.15, 0.2) is 0 Å². The Labute approximate surface area is 79.7 Å². The van der Waals surface area contributed by atoms with Crippen molar-refractivity contribution in [2.24, 2.45) is 0 Å². The van der Waals surface area contributed by atoms with Crippen molar-refractivity contribution in [3.63, 3.8) is 0 Å². The molecule has 1 rings (SSSR count). The maximum atomic E-state index is 9.04. The van der Waals surface area contributed by atoms with Crippen molar-refractivity contribution >= 4 is 6.08 Å². The van der Waals surface area contributed by atoms with Gasteiger partial charge in [-0.1, -0.05) is 44.1 Å². The van der Waals surface area contributed by atoms with Gasteiger partial charge < -0.3 is 5.11 Å². The summed E-state index contributed by atoms with van der Waals surface area (Å²) >= 11 is 0. The van der Waals surface area contributed by atoms with Crippen molar-refractivity contribution in [3.8, 4) is 5.75 Å². The van der Waals surface area contributed by atoms with Crippen LogP contribution in [0, 0.1) is 0 Å². The molecular weight excluding hydrogens is 160 g/mol. The maximum Gasteiger partial charge on any atom is 0.115 e. The number of hydrogen-bond donors (Lipinski definition) is 1. The third-order valence-electron chi connectivity index (χ3n) is 1.93. The molecule has 0 atom stereocenters. The van der Waals surface area contributed by atoms with E-state index >= 15 is 0 Å². The SMILES string of the molecule is CCCCC=Cc1ccc(O)cc1. The highest BCUT2D eigenvalue weighted by Crippen LogP contribution is 2.11. The van der Waals surface area contributed by atoms with E-state index in [1.54, 1.807) is 12.1 Å². The quantitative estimate of drug-likeness (QED) is 0.695.